The zero-order chi connectivity index (χ0) is 14.2. The summed E-state index contributed by atoms with van der Waals surface area (Å²) < 4.78 is 0. The van der Waals surface area contributed by atoms with Gasteiger partial charge in [0, 0.05) is 24.2 Å². The Labute approximate surface area is 111 Å². The molecule has 102 valence electrons. The molecular weight excluding hydrogens is 246 g/mol. The number of nitrogen functional groups attached to an aromatic ring is 1. The average molecular weight is 263 g/mol. The lowest BCUT2D eigenvalue weighted by molar-refractivity contribution is -0.383. The lowest BCUT2D eigenvalue weighted by atomic mass is 10.1. The number of nitro benzene ring substituents is 1. The van der Waals surface area contributed by atoms with Gasteiger partial charge in [-0.1, -0.05) is 6.92 Å². The summed E-state index contributed by atoms with van der Waals surface area (Å²) in [5.41, 5.74) is 5.87. The van der Waals surface area contributed by atoms with Crippen LogP contribution in [-0.2, 0) is 0 Å². The average Bonchev–Trinajstić information content (AvgIpc) is 2.67. The Hall–Kier alpha value is -2.11. The molecule has 2 N–H and O–H groups in total. The quantitative estimate of drug-likeness (QED) is 0.502. The lowest BCUT2D eigenvalue weighted by Crippen LogP contribution is -2.34. The minimum atomic E-state index is -0.551. The second kappa shape index (κ2) is 4.87. The molecule has 0 radical (unpaired) electrons. The van der Waals surface area contributed by atoms with Crippen LogP contribution in [0, 0.1) is 16.0 Å². The molecule has 0 spiro atoms. The first kappa shape index (κ1) is 13.3. The number of carbonyl (C=O) groups excluding carboxylic acids is 1. The van der Waals surface area contributed by atoms with Gasteiger partial charge in [-0.05, 0) is 31.4 Å². The van der Waals surface area contributed by atoms with Gasteiger partial charge >= 0.3 is 0 Å². The third-order valence-electron chi connectivity index (χ3n) is 3.52. The van der Waals surface area contributed by atoms with Gasteiger partial charge in [0.05, 0.1) is 4.92 Å². The third-order valence-corrected chi connectivity index (χ3v) is 3.52. The first-order valence-electron chi connectivity index (χ1n) is 6.25. The predicted molar refractivity (Wildman–Crippen MR) is 71.8 cm³/mol. The number of nitrogens with two attached hydrogens (primary N) is 1. The summed E-state index contributed by atoms with van der Waals surface area (Å²) in [7, 11) is 0. The maximum absolute atomic E-state index is 12.3. The number of benzene rings is 1. The van der Waals surface area contributed by atoms with Crippen molar-refractivity contribution < 1.29 is 9.72 Å². The standard InChI is InChI=1S/C13H17N3O3/c1-8-5-9(2)15(7-8)13(17)10-3-4-12(16(18)19)11(14)6-10/h3-4,6,8-9H,5,7,14H2,1-2H3. The molecular formula is C13H17N3O3. The van der Waals surface area contributed by atoms with Gasteiger partial charge in [0.15, 0.2) is 0 Å². The van der Waals surface area contributed by atoms with Gasteiger partial charge in [-0.15, -0.1) is 0 Å². The van der Waals surface area contributed by atoms with Crippen LogP contribution in [0.5, 0.6) is 0 Å². The van der Waals surface area contributed by atoms with Crippen molar-refractivity contribution in [3.05, 3.63) is 33.9 Å². The van der Waals surface area contributed by atoms with Gasteiger partial charge in [0.25, 0.3) is 11.6 Å². The molecule has 0 bridgehead atoms. The Balaban J connectivity index is 2.25. The van der Waals surface area contributed by atoms with Crippen molar-refractivity contribution >= 4 is 17.3 Å². The van der Waals surface area contributed by atoms with Gasteiger partial charge in [0.2, 0.25) is 0 Å². The molecule has 1 heterocycles. The number of anilines is 1. The number of nitro groups is 1. The number of carbonyl (C=O) groups is 1. The summed E-state index contributed by atoms with van der Waals surface area (Å²) in [5, 5.41) is 10.7. The number of hydrogen-bond acceptors (Lipinski definition) is 4. The van der Waals surface area contributed by atoms with E-state index in [9.17, 15) is 14.9 Å². The van der Waals surface area contributed by atoms with Crippen LogP contribution in [0.2, 0.25) is 0 Å². The Morgan fingerprint density at radius 3 is 2.63 bits per heavy atom. The van der Waals surface area contributed by atoms with E-state index in [0.717, 1.165) is 13.0 Å². The molecule has 1 aromatic rings. The van der Waals surface area contributed by atoms with Gasteiger partial charge in [0.1, 0.15) is 5.69 Å². The van der Waals surface area contributed by atoms with Gasteiger partial charge < -0.3 is 10.6 Å². The lowest BCUT2D eigenvalue weighted by Gasteiger charge is -2.21. The first-order chi connectivity index (χ1) is 8.90. The smallest absolute Gasteiger partial charge is 0.292 e. The maximum atomic E-state index is 12.3. The van der Waals surface area contributed by atoms with E-state index < -0.39 is 4.92 Å². The van der Waals surface area contributed by atoms with Crippen LogP contribution in [0.3, 0.4) is 0 Å². The fraction of sp³-hybridized carbons (Fsp3) is 0.462. The topological polar surface area (TPSA) is 89.5 Å². The van der Waals surface area contributed by atoms with Gasteiger partial charge in [-0.3, -0.25) is 14.9 Å². The molecule has 2 rings (SSSR count). The van der Waals surface area contributed by atoms with E-state index in [2.05, 4.69) is 6.92 Å². The Bertz CT molecular complexity index is 530. The zero-order valence-electron chi connectivity index (χ0n) is 11.0. The molecule has 2 unspecified atom stereocenters. The molecule has 6 nitrogen and oxygen atoms in total. The summed E-state index contributed by atoms with van der Waals surface area (Å²) >= 11 is 0. The van der Waals surface area contributed by atoms with Crippen molar-refractivity contribution in [2.24, 2.45) is 5.92 Å². The molecule has 19 heavy (non-hydrogen) atoms. The summed E-state index contributed by atoms with van der Waals surface area (Å²) in [6, 6.07) is 4.33. The predicted octanol–water partition coefficient (Wildman–Crippen LogP) is 2.05. The van der Waals surface area contributed by atoms with E-state index >= 15 is 0 Å². The second-order valence-corrected chi connectivity index (χ2v) is 5.18. The summed E-state index contributed by atoms with van der Waals surface area (Å²) in [6.45, 7) is 4.83. The van der Waals surface area contributed by atoms with Crippen LogP contribution in [-0.4, -0.2) is 28.3 Å². The molecule has 0 aliphatic carbocycles. The number of hydrogen-bond donors (Lipinski definition) is 1. The Kier molecular flexibility index (Phi) is 3.42. The number of nitrogens with zero attached hydrogens (tertiary/aromatic N) is 2. The SMILES string of the molecule is CC1CC(C)N(C(=O)c2ccc([N+](=O)[O-])c(N)c2)C1. The fourth-order valence-corrected chi connectivity index (χ4v) is 2.60. The van der Waals surface area contributed by atoms with E-state index in [1.165, 1.54) is 18.2 Å². The van der Waals surface area contributed by atoms with Crippen LogP contribution in [0.25, 0.3) is 0 Å². The van der Waals surface area contributed by atoms with Crippen molar-refractivity contribution in [2.75, 3.05) is 12.3 Å². The minimum Gasteiger partial charge on any atom is -0.393 e. The van der Waals surface area contributed by atoms with Crippen molar-refractivity contribution in [3.8, 4) is 0 Å². The Morgan fingerprint density at radius 2 is 2.16 bits per heavy atom. The number of rotatable bonds is 2. The zero-order valence-corrected chi connectivity index (χ0v) is 11.0. The molecule has 1 amide bonds. The molecule has 2 atom stereocenters. The van der Waals surface area contributed by atoms with Crippen LogP contribution in [0.4, 0.5) is 11.4 Å². The first-order valence-corrected chi connectivity index (χ1v) is 6.25. The molecule has 6 heteroatoms. The molecule has 1 saturated heterocycles. The molecule has 0 aromatic heterocycles. The maximum Gasteiger partial charge on any atom is 0.292 e. The monoisotopic (exact) mass is 263 g/mol. The third kappa shape index (κ3) is 2.52. The highest BCUT2D eigenvalue weighted by molar-refractivity contribution is 5.96. The van der Waals surface area contributed by atoms with E-state index in [-0.39, 0.29) is 23.3 Å². The van der Waals surface area contributed by atoms with Crippen LogP contribution < -0.4 is 5.73 Å². The highest BCUT2D eigenvalue weighted by atomic mass is 16.6. The van der Waals surface area contributed by atoms with Crippen LogP contribution in [0.15, 0.2) is 18.2 Å². The highest BCUT2D eigenvalue weighted by Crippen LogP contribution is 2.27. The van der Waals surface area contributed by atoms with Crippen molar-refractivity contribution in [1.82, 2.24) is 4.90 Å². The molecule has 1 fully saturated rings. The number of likely N-dealkylation sites (tertiary alicyclic amines) is 1. The van der Waals surface area contributed by atoms with Crippen molar-refractivity contribution in [1.29, 1.82) is 0 Å². The van der Waals surface area contributed by atoms with Gasteiger partial charge in [-0.25, -0.2) is 0 Å². The minimum absolute atomic E-state index is 0.0238. The van der Waals surface area contributed by atoms with Crippen LogP contribution >= 0.6 is 0 Å². The van der Waals surface area contributed by atoms with Crippen molar-refractivity contribution in [2.45, 2.75) is 26.3 Å². The van der Waals surface area contributed by atoms with Gasteiger partial charge in [-0.2, -0.15) is 0 Å². The van der Waals surface area contributed by atoms with E-state index in [1.807, 2.05) is 6.92 Å². The Morgan fingerprint density at radius 1 is 1.47 bits per heavy atom. The summed E-state index contributed by atoms with van der Waals surface area (Å²) in [4.78, 5) is 24.3. The largest absolute Gasteiger partial charge is 0.393 e. The second-order valence-electron chi connectivity index (χ2n) is 5.18. The van der Waals surface area contributed by atoms with E-state index in [0.29, 0.717) is 11.5 Å². The summed E-state index contributed by atoms with van der Waals surface area (Å²) in [6.07, 6.45) is 0.980. The normalized spacial score (nSPS) is 22.5. The molecule has 1 aliphatic rings. The van der Waals surface area contributed by atoms with Crippen molar-refractivity contribution in [3.63, 3.8) is 0 Å². The fourth-order valence-electron chi connectivity index (χ4n) is 2.60. The summed E-state index contributed by atoms with van der Waals surface area (Å²) in [5.74, 6) is 0.368. The molecule has 1 aromatic carbocycles. The van der Waals surface area contributed by atoms with E-state index in [1.54, 1.807) is 4.90 Å². The number of amides is 1. The molecule has 0 saturated carbocycles. The van der Waals surface area contributed by atoms with Crippen LogP contribution in [0.1, 0.15) is 30.6 Å². The highest BCUT2D eigenvalue weighted by Gasteiger charge is 2.30. The molecule has 1 aliphatic heterocycles. The van der Waals surface area contributed by atoms with E-state index in [4.69, 9.17) is 5.73 Å².